The molecule has 1 heterocycles. The first-order valence-corrected chi connectivity index (χ1v) is 8.13. The van der Waals surface area contributed by atoms with Crippen LogP contribution in [0.25, 0.3) is 10.9 Å². The molecule has 3 aromatic rings. The van der Waals surface area contributed by atoms with E-state index in [0.29, 0.717) is 22.1 Å². The topological polar surface area (TPSA) is 63.2 Å². The van der Waals surface area contributed by atoms with Crippen molar-refractivity contribution in [2.24, 2.45) is 0 Å². The van der Waals surface area contributed by atoms with Gasteiger partial charge in [-0.25, -0.2) is 4.79 Å². The van der Waals surface area contributed by atoms with Gasteiger partial charge in [0.25, 0.3) is 0 Å². The molecular weight excluding hydrogens is 338 g/mol. The fourth-order valence-electron chi connectivity index (χ4n) is 2.57. The van der Waals surface area contributed by atoms with Crippen LogP contribution >= 0.6 is 11.6 Å². The number of amides is 2. The first-order valence-electron chi connectivity index (χ1n) is 7.76. The molecular formula is C19H18ClN3O2. The molecule has 0 aliphatic carbocycles. The monoisotopic (exact) mass is 355 g/mol. The summed E-state index contributed by atoms with van der Waals surface area (Å²) in [6, 6.07) is 12.4. The van der Waals surface area contributed by atoms with E-state index in [1.807, 2.05) is 38.1 Å². The number of hydrogen-bond donors (Lipinski definition) is 2. The van der Waals surface area contributed by atoms with Gasteiger partial charge in [-0.1, -0.05) is 17.7 Å². The van der Waals surface area contributed by atoms with E-state index in [4.69, 9.17) is 16.3 Å². The van der Waals surface area contributed by atoms with Crippen LogP contribution in [0, 0.1) is 13.8 Å². The van der Waals surface area contributed by atoms with Crippen molar-refractivity contribution >= 4 is 39.9 Å². The molecule has 2 amide bonds. The van der Waals surface area contributed by atoms with Crippen LogP contribution in [0.15, 0.2) is 42.5 Å². The lowest BCUT2D eigenvalue weighted by Gasteiger charge is -2.11. The molecule has 2 aromatic carbocycles. The number of anilines is 2. The highest BCUT2D eigenvalue weighted by Crippen LogP contribution is 2.28. The molecule has 128 valence electrons. The lowest BCUT2D eigenvalue weighted by Crippen LogP contribution is -2.19. The molecule has 0 radical (unpaired) electrons. The molecule has 0 spiro atoms. The summed E-state index contributed by atoms with van der Waals surface area (Å²) >= 11 is 6.14. The third-order valence-corrected chi connectivity index (χ3v) is 4.06. The molecule has 5 nitrogen and oxygen atoms in total. The van der Waals surface area contributed by atoms with E-state index in [1.54, 1.807) is 25.3 Å². The van der Waals surface area contributed by atoms with Crippen molar-refractivity contribution in [1.82, 2.24) is 4.98 Å². The van der Waals surface area contributed by atoms with Gasteiger partial charge in [-0.2, -0.15) is 0 Å². The molecule has 0 atom stereocenters. The Balaban J connectivity index is 1.82. The fraction of sp³-hybridized carbons (Fsp3) is 0.158. The first kappa shape index (κ1) is 17.0. The van der Waals surface area contributed by atoms with Gasteiger partial charge in [-0.3, -0.25) is 4.98 Å². The van der Waals surface area contributed by atoms with Gasteiger partial charge in [0.1, 0.15) is 5.75 Å². The molecule has 3 rings (SSSR count). The van der Waals surface area contributed by atoms with E-state index in [9.17, 15) is 4.79 Å². The van der Waals surface area contributed by atoms with Crippen molar-refractivity contribution in [3.8, 4) is 5.75 Å². The van der Waals surface area contributed by atoms with E-state index in [1.165, 1.54) is 0 Å². The molecule has 0 bridgehead atoms. The molecule has 25 heavy (non-hydrogen) atoms. The Morgan fingerprint density at radius 1 is 1.08 bits per heavy atom. The highest BCUT2D eigenvalue weighted by molar-refractivity contribution is 6.33. The van der Waals surface area contributed by atoms with Crippen molar-refractivity contribution in [1.29, 1.82) is 0 Å². The number of urea groups is 1. The third kappa shape index (κ3) is 3.83. The summed E-state index contributed by atoms with van der Waals surface area (Å²) in [7, 11) is 1.61. The third-order valence-electron chi connectivity index (χ3n) is 3.75. The van der Waals surface area contributed by atoms with E-state index in [0.717, 1.165) is 22.2 Å². The quantitative estimate of drug-likeness (QED) is 0.682. The van der Waals surface area contributed by atoms with E-state index < -0.39 is 0 Å². The first-order chi connectivity index (χ1) is 12.0. The van der Waals surface area contributed by atoms with Crippen LogP contribution in [0.2, 0.25) is 5.02 Å². The van der Waals surface area contributed by atoms with Gasteiger partial charge < -0.3 is 15.4 Å². The lowest BCUT2D eigenvalue weighted by atomic mass is 10.1. The normalized spacial score (nSPS) is 10.6. The standard InChI is InChI=1S/C19H18ClN3O2/c1-11-4-6-17(15(20)8-11)23-19(24)22-13-5-7-16-14(10-13)18(25-3)9-12(2)21-16/h4-10H,1-3H3,(H2,22,23,24). The average molecular weight is 356 g/mol. The van der Waals surface area contributed by atoms with Crippen molar-refractivity contribution in [2.45, 2.75) is 13.8 Å². The van der Waals surface area contributed by atoms with Crippen molar-refractivity contribution in [3.05, 3.63) is 58.7 Å². The highest BCUT2D eigenvalue weighted by Gasteiger charge is 2.09. The molecule has 0 saturated heterocycles. The second kappa shape index (κ2) is 6.99. The summed E-state index contributed by atoms with van der Waals surface area (Å²) in [6.45, 7) is 3.85. The number of benzene rings is 2. The zero-order valence-corrected chi connectivity index (χ0v) is 14.9. The predicted molar refractivity (Wildman–Crippen MR) is 102 cm³/mol. The number of ether oxygens (including phenoxy) is 1. The number of hydrogen-bond acceptors (Lipinski definition) is 3. The fourth-order valence-corrected chi connectivity index (χ4v) is 2.86. The summed E-state index contributed by atoms with van der Waals surface area (Å²) in [6.07, 6.45) is 0. The Bertz CT molecular complexity index is 957. The Kier molecular flexibility index (Phi) is 4.76. The number of pyridine rings is 1. The zero-order valence-electron chi connectivity index (χ0n) is 14.2. The van der Waals surface area contributed by atoms with Crippen LogP contribution in [0.3, 0.4) is 0 Å². The van der Waals surface area contributed by atoms with Crippen molar-refractivity contribution in [2.75, 3.05) is 17.7 Å². The SMILES string of the molecule is COc1cc(C)nc2ccc(NC(=O)Nc3ccc(C)cc3Cl)cc12. The number of halogens is 1. The minimum atomic E-state index is -0.371. The van der Waals surface area contributed by atoms with Gasteiger partial charge in [0, 0.05) is 22.8 Å². The summed E-state index contributed by atoms with van der Waals surface area (Å²) in [5.41, 5.74) is 3.90. The highest BCUT2D eigenvalue weighted by atomic mass is 35.5. The number of nitrogens with one attached hydrogen (secondary N) is 2. The summed E-state index contributed by atoms with van der Waals surface area (Å²) in [5, 5.41) is 6.87. The van der Waals surface area contributed by atoms with Gasteiger partial charge in [-0.05, 0) is 49.7 Å². The van der Waals surface area contributed by atoms with Crippen molar-refractivity contribution in [3.63, 3.8) is 0 Å². The number of aromatic nitrogens is 1. The summed E-state index contributed by atoms with van der Waals surface area (Å²) < 4.78 is 5.41. The number of nitrogens with zero attached hydrogens (tertiary/aromatic N) is 1. The average Bonchev–Trinajstić information content (AvgIpc) is 2.57. The van der Waals surface area contributed by atoms with E-state index in [-0.39, 0.29) is 6.03 Å². The van der Waals surface area contributed by atoms with Crippen LogP contribution in [-0.2, 0) is 0 Å². The number of methoxy groups -OCH3 is 1. The minimum absolute atomic E-state index is 0.371. The number of rotatable bonds is 3. The van der Waals surface area contributed by atoms with Gasteiger partial charge >= 0.3 is 6.03 Å². The molecule has 0 aliphatic rings. The van der Waals surface area contributed by atoms with E-state index >= 15 is 0 Å². The van der Waals surface area contributed by atoms with Crippen LogP contribution in [-0.4, -0.2) is 18.1 Å². The largest absolute Gasteiger partial charge is 0.496 e. The number of carbonyl (C=O) groups is 1. The molecule has 0 aliphatic heterocycles. The Morgan fingerprint density at radius 3 is 2.60 bits per heavy atom. The van der Waals surface area contributed by atoms with Crippen LogP contribution < -0.4 is 15.4 Å². The molecule has 0 unspecified atom stereocenters. The number of fused-ring (bicyclic) bond motifs is 1. The van der Waals surface area contributed by atoms with Crippen LogP contribution in [0.1, 0.15) is 11.3 Å². The molecule has 2 N–H and O–H groups in total. The van der Waals surface area contributed by atoms with Crippen LogP contribution in [0.5, 0.6) is 5.75 Å². The van der Waals surface area contributed by atoms with Crippen LogP contribution in [0.4, 0.5) is 16.2 Å². The molecule has 6 heteroatoms. The van der Waals surface area contributed by atoms with Gasteiger partial charge in [0.2, 0.25) is 0 Å². The van der Waals surface area contributed by atoms with E-state index in [2.05, 4.69) is 15.6 Å². The summed E-state index contributed by atoms with van der Waals surface area (Å²) in [4.78, 5) is 16.7. The predicted octanol–water partition coefficient (Wildman–Crippen LogP) is 5.16. The second-order valence-corrected chi connectivity index (χ2v) is 6.17. The molecule has 1 aromatic heterocycles. The molecule has 0 fully saturated rings. The molecule has 0 saturated carbocycles. The number of aryl methyl sites for hydroxylation is 2. The zero-order chi connectivity index (χ0) is 18.0. The maximum Gasteiger partial charge on any atom is 0.323 e. The van der Waals surface area contributed by atoms with Crippen molar-refractivity contribution < 1.29 is 9.53 Å². The second-order valence-electron chi connectivity index (χ2n) is 5.76. The summed E-state index contributed by atoms with van der Waals surface area (Å²) in [5.74, 6) is 0.716. The maximum atomic E-state index is 12.2. The minimum Gasteiger partial charge on any atom is -0.496 e. The Hall–Kier alpha value is -2.79. The lowest BCUT2D eigenvalue weighted by molar-refractivity contribution is 0.262. The maximum absolute atomic E-state index is 12.2. The Morgan fingerprint density at radius 2 is 1.88 bits per heavy atom. The number of carbonyl (C=O) groups excluding carboxylic acids is 1. The van der Waals surface area contributed by atoms with Gasteiger partial charge in [0.15, 0.2) is 0 Å². The smallest absolute Gasteiger partial charge is 0.323 e. The Labute approximate surface area is 151 Å². The van der Waals surface area contributed by atoms with Gasteiger partial charge in [-0.15, -0.1) is 0 Å². The van der Waals surface area contributed by atoms with Gasteiger partial charge in [0.05, 0.1) is 23.3 Å².